The second-order valence-electron chi connectivity index (χ2n) is 2.34. The van der Waals surface area contributed by atoms with Gasteiger partial charge in [0, 0.05) is 0 Å². The Balaban J connectivity index is 2.83. The number of rotatable bonds is 0. The van der Waals surface area contributed by atoms with Crippen LogP contribution in [0.2, 0.25) is 0 Å². The highest BCUT2D eigenvalue weighted by atomic mass is 14.0. The molecule has 0 heteroatoms. The van der Waals surface area contributed by atoms with Crippen LogP contribution in [0.1, 0.15) is 13.8 Å². The summed E-state index contributed by atoms with van der Waals surface area (Å²) >= 11 is 0. The first-order chi connectivity index (χ1) is 4.29. The van der Waals surface area contributed by atoms with Crippen molar-refractivity contribution < 1.29 is 0 Å². The Labute approximate surface area is 56.3 Å². The first-order valence-electron chi connectivity index (χ1n) is 3.15. The molecule has 1 unspecified atom stereocenters. The molecule has 0 amide bonds. The number of allylic oxidation sites excluding steroid dienone is 4. The maximum atomic E-state index is 3.00. The second-order valence-corrected chi connectivity index (χ2v) is 2.34. The smallest absolute Gasteiger partial charge is 0.00413 e. The van der Waals surface area contributed by atoms with Crippen LogP contribution in [0.25, 0.3) is 0 Å². The fraction of sp³-hybridized carbons (Fsp3) is 0.333. The van der Waals surface area contributed by atoms with E-state index in [1.807, 2.05) is 13.0 Å². The van der Waals surface area contributed by atoms with E-state index in [1.54, 1.807) is 0 Å². The van der Waals surface area contributed by atoms with Crippen LogP contribution in [0.3, 0.4) is 0 Å². The highest BCUT2D eigenvalue weighted by Crippen LogP contribution is 2.05. The lowest BCUT2D eigenvalue weighted by Gasteiger charge is -1.93. The summed E-state index contributed by atoms with van der Waals surface area (Å²) in [5, 5.41) is 0. The molecule has 1 rings (SSSR count). The molecule has 1 atom stereocenters. The van der Waals surface area contributed by atoms with Gasteiger partial charge in [-0.15, -0.1) is 0 Å². The minimum Gasteiger partial charge on any atom is -0.0703 e. The van der Waals surface area contributed by atoms with Crippen molar-refractivity contribution in [3.63, 3.8) is 0 Å². The van der Waals surface area contributed by atoms with Gasteiger partial charge >= 0.3 is 0 Å². The van der Waals surface area contributed by atoms with Gasteiger partial charge in [0.2, 0.25) is 0 Å². The lowest BCUT2D eigenvalue weighted by molar-refractivity contribution is 0.934. The molecule has 0 aromatic rings. The molecule has 0 aliphatic heterocycles. The molecule has 0 radical (unpaired) electrons. The van der Waals surface area contributed by atoms with E-state index < -0.39 is 0 Å². The van der Waals surface area contributed by atoms with Crippen molar-refractivity contribution in [1.29, 1.82) is 0 Å². The molecule has 0 spiro atoms. The van der Waals surface area contributed by atoms with Crippen molar-refractivity contribution >= 4 is 0 Å². The van der Waals surface area contributed by atoms with Crippen LogP contribution in [0.5, 0.6) is 0 Å². The van der Waals surface area contributed by atoms with Crippen LogP contribution in [-0.4, -0.2) is 0 Å². The first-order valence-corrected chi connectivity index (χ1v) is 3.15. The zero-order valence-corrected chi connectivity index (χ0v) is 5.81. The minimum absolute atomic E-state index is 0.535. The van der Waals surface area contributed by atoms with Crippen LogP contribution in [0, 0.1) is 17.8 Å². The van der Waals surface area contributed by atoms with Gasteiger partial charge in [0.1, 0.15) is 0 Å². The summed E-state index contributed by atoms with van der Waals surface area (Å²) in [6.45, 7) is 4.19. The van der Waals surface area contributed by atoms with Crippen molar-refractivity contribution in [2.24, 2.45) is 5.92 Å². The van der Waals surface area contributed by atoms with Crippen molar-refractivity contribution in [3.8, 4) is 11.8 Å². The topological polar surface area (TPSA) is 0 Å². The van der Waals surface area contributed by atoms with Crippen LogP contribution < -0.4 is 0 Å². The van der Waals surface area contributed by atoms with Gasteiger partial charge in [-0.05, 0) is 24.5 Å². The Hall–Kier alpha value is -0.960. The van der Waals surface area contributed by atoms with E-state index in [4.69, 9.17) is 0 Å². The second kappa shape index (κ2) is 2.55. The minimum atomic E-state index is 0.535. The molecule has 0 N–H and O–H groups in total. The molecule has 0 heterocycles. The highest BCUT2D eigenvalue weighted by Gasteiger charge is 1.92. The molecule has 46 valence electrons. The molecule has 1 aliphatic rings. The SMILES string of the molecule is CC1=CC(C)C=CC#C1. The van der Waals surface area contributed by atoms with Crippen molar-refractivity contribution in [3.05, 3.63) is 23.8 Å². The molecule has 0 aromatic heterocycles. The van der Waals surface area contributed by atoms with Gasteiger partial charge in [-0.25, -0.2) is 0 Å². The zero-order chi connectivity index (χ0) is 6.69. The Bertz CT molecular complexity index is 208. The van der Waals surface area contributed by atoms with E-state index in [-0.39, 0.29) is 0 Å². The fourth-order valence-electron chi connectivity index (χ4n) is 0.847. The van der Waals surface area contributed by atoms with Crippen LogP contribution in [0.15, 0.2) is 23.8 Å². The van der Waals surface area contributed by atoms with Crippen molar-refractivity contribution in [2.45, 2.75) is 13.8 Å². The van der Waals surface area contributed by atoms with E-state index in [9.17, 15) is 0 Å². The van der Waals surface area contributed by atoms with Gasteiger partial charge in [-0.2, -0.15) is 0 Å². The maximum Gasteiger partial charge on any atom is -0.00413 e. The average Bonchev–Trinajstić information content (AvgIpc) is 1.93. The normalized spacial score (nSPS) is 23.8. The van der Waals surface area contributed by atoms with Crippen LogP contribution in [0.4, 0.5) is 0 Å². The predicted octanol–water partition coefficient (Wildman–Crippen LogP) is 2.14. The average molecular weight is 118 g/mol. The molecular formula is C9H10. The van der Waals surface area contributed by atoms with Gasteiger partial charge in [0.05, 0.1) is 0 Å². The fourth-order valence-corrected chi connectivity index (χ4v) is 0.847. The summed E-state index contributed by atoms with van der Waals surface area (Å²) in [5.41, 5.74) is 1.17. The largest absolute Gasteiger partial charge is 0.0703 e. The first kappa shape index (κ1) is 6.16. The third-order valence-corrected chi connectivity index (χ3v) is 1.27. The van der Waals surface area contributed by atoms with E-state index in [2.05, 4.69) is 30.9 Å². The highest BCUT2D eigenvalue weighted by molar-refractivity contribution is 5.35. The van der Waals surface area contributed by atoms with Crippen molar-refractivity contribution in [2.75, 3.05) is 0 Å². The van der Waals surface area contributed by atoms with Gasteiger partial charge < -0.3 is 0 Å². The summed E-state index contributed by atoms with van der Waals surface area (Å²) < 4.78 is 0. The van der Waals surface area contributed by atoms with Gasteiger partial charge in [-0.1, -0.05) is 30.9 Å². The number of hydrogen-bond acceptors (Lipinski definition) is 0. The molecule has 0 bridgehead atoms. The summed E-state index contributed by atoms with van der Waals surface area (Å²) in [6.07, 6.45) is 6.18. The van der Waals surface area contributed by atoms with Gasteiger partial charge in [0.15, 0.2) is 0 Å². The van der Waals surface area contributed by atoms with E-state index in [0.29, 0.717) is 5.92 Å². The molecule has 1 aliphatic carbocycles. The molecule has 0 saturated carbocycles. The third kappa shape index (κ3) is 1.77. The lowest BCUT2D eigenvalue weighted by Crippen LogP contribution is -1.81. The van der Waals surface area contributed by atoms with E-state index >= 15 is 0 Å². The Kier molecular flexibility index (Phi) is 1.75. The lowest BCUT2D eigenvalue weighted by atomic mass is 10.1. The zero-order valence-electron chi connectivity index (χ0n) is 5.81. The van der Waals surface area contributed by atoms with E-state index in [1.165, 1.54) is 5.57 Å². The number of hydrogen-bond donors (Lipinski definition) is 0. The van der Waals surface area contributed by atoms with Crippen molar-refractivity contribution in [1.82, 2.24) is 0 Å². The molecule has 9 heavy (non-hydrogen) atoms. The van der Waals surface area contributed by atoms with Gasteiger partial charge in [-0.3, -0.25) is 0 Å². The summed E-state index contributed by atoms with van der Waals surface area (Å²) in [7, 11) is 0. The molecule has 0 aromatic carbocycles. The van der Waals surface area contributed by atoms with Crippen LogP contribution in [-0.2, 0) is 0 Å². The monoisotopic (exact) mass is 118 g/mol. The summed E-state index contributed by atoms with van der Waals surface area (Å²) in [5.74, 6) is 6.46. The van der Waals surface area contributed by atoms with Crippen LogP contribution >= 0.6 is 0 Å². The Morgan fingerprint density at radius 2 is 2.33 bits per heavy atom. The third-order valence-electron chi connectivity index (χ3n) is 1.27. The predicted molar refractivity (Wildman–Crippen MR) is 39.8 cm³/mol. The molecule has 0 fully saturated rings. The summed E-state index contributed by atoms with van der Waals surface area (Å²) in [4.78, 5) is 0. The maximum absolute atomic E-state index is 3.00. The Morgan fingerprint density at radius 3 is 3.11 bits per heavy atom. The molecular weight excluding hydrogens is 108 g/mol. The standard InChI is InChI=1S/C9H10/c1-8-5-3-4-6-9(2)7-8/h3,5,7-8H,1-2H3. The molecule has 0 nitrogen and oxygen atoms in total. The molecule has 0 saturated heterocycles. The Morgan fingerprint density at radius 1 is 1.56 bits per heavy atom. The van der Waals surface area contributed by atoms with E-state index in [0.717, 1.165) is 0 Å². The summed E-state index contributed by atoms with van der Waals surface area (Å²) in [6, 6.07) is 0. The van der Waals surface area contributed by atoms with Gasteiger partial charge in [0.25, 0.3) is 0 Å². The quantitative estimate of drug-likeness (QED) is 0.427.